The molecule has 3 nitrogen and oxygen atoms in total. The second kappa shape index (κ2) is 4.67. The Kier molecular flexibility index (Phi) is 3.09. The molecule has 3 rings (SSSR count). The second-order valence-corrected chi connectivity index (χ2v) is 6.44. The van der Waals surface area contributed by atoms with Gasteiger partial charge >= 0.3 is 0 Å². The van der Waals surface area contributed by atoms with E-state index in [0.29, 0.717) is 0 Å². The molecule has 3 heteroatoms. The average Bonchev–Trinajstić information content (AvgIpc) is 2.81. The Morgan fingerprint density at radius 2 is 1.90 bits per heavy atom. The van der Waals surface area contributed by atoms with Crippen LogP contribution < -0.4 is 10.5 Å². The average molecular weight is 270 g/mol. The first kappa shape index (κ1) is 13.3. The second-order valence-electron chi connectivity index (χ2n) is 6.44. The van der Waals surface area contributed by atoms with Crippen molar-refractivity contribution >= 4 is 0 Å². The number of ether oxygens (including phenoxy) is 1. The monoisotopic (exact) mass is 270 g/mol. The largest absolute Gasteiger partial charge is 0.497 e. The smallest absolute Gasteiger partial charge is 0.119 e. The molecule has 2 aromatic rings. The zero-order valence-corrected chi connectivity index (χ0v) is 12.4. The minimum atomic E-state index is 0.147. The van der Waals surface area contributed by atoms with E-state index in [9.17, 15) is 0 Å². The van der Waals surface area contributed by atoms with Crippen LogP contribution in [-0.4, -0.2) is 11.7 Å². The zero-order chi connectivity index (χ0) is 14.3. The summed E-state index contributed by atoms with van der Waals surface area (Å²) < 4.78 is 7.48. The normalized spacial score (nSPS) is 20.5. The maximum absolute atomic E-state index is 6.33. The number of benzene rings is 1. The van der Waals surface area contributed by atoms with Gasteiger partial charge in [-0.3, -0.25) is 0 Å². The Labute approximate surface area is 120 Å². The SMILES string of the molecule is COc1ccc(-n2ccc3c2CC(C)(C)CC3N)cc1. The summed E-state index contributed by atoms with van der Waals surface area (Å²) in [5.74, 6) is 0.881. The zero-order valence-electron chi connectivity index (χ0n) is 12.4. The van der Waals surface area contributed by atoms with Crippen molar-refractivity contribution in [3.05, 3.63) is 47.8 Å². The van der Waals surface area contributed by atoms with Crippen LogP contribution in [0.4, 0.5) is 0 Å². The number of hydrogen-bond donors (Lipinski definition) is 1. The Balaban J connectivity index is 2.03. The van der Waals surface area contributed by atoms with Crippen LogP contribution in [-0.2, 0) is 6.42 Å². The van der Waals surface area contributed by atoms with Gasteiger partial charge in [-0.1, -0.05) is 13.8 Å². The third kappa shape index (κ3) is 2.22. The van der Waals surface area contributed by atoms with Gasteiger partial charge in [0, 0.05) is 23.6 Å². The lowest BCUT2D eigenvalue weighted by atomic mass is 9.74. The number of methoxy groups -OCH3 is 1. The molecule has 1 aromatic heterocycles. The maximum Gasteiger partial charge on any atom is 0.119 e. The first-order valence-electron chi connectivity index (χ1n) is 7.10. The first-order chi connectivity index (χ1) is 9.50. The van der Waals surface area contributed by atoms with Gasteiger partial charge in [0.05, 0.1) is 7.11 Å². The Morgan fingerprint density at radius 3 is 2.55 bits per heavy atom. The summed E-state index contributed by atoms with van der Waals surface area (Å²) in [6, 6.07) is 10.5. The fourth-order valence-electron chi connectivity index (χ4n) is 3.22. The molecule has 1 aliphatic carbocycles. The summed E-state index contributed by atoms with van der Waals surface area (Å²) in [4.78, 5) is 0. The van der Waals surface area contributed by atoms with E-state index in [-0.39, 0.29) is 11.5 Å². The third-order valence-electron chi connectivity index (χ3n) is 4.20. The third-order valence-corrected chi connectivity index (χ3v) is 4.20. The molecule has 106 valence electrons. The van der Waals surface area contributed by atoms with Gasteiger partial charge in [-0.15, -0.1) is 0 Å². The van der Waals surface area contributed by atoms with Crippen LogP contribution in [0.5, 0.6) is 5.75 Å². The molecule has 0 saturated heterocycles. The van der Waals surface area contributed by atoms with Gasteiger partial charge in [-0.05, 0) is 54.2 Å². The van der Waals surface area contributed by atoms with Gasteiger partial charge in [0.1, 0.15) is 5.75 Å². The van der Waals surface area contributed by atoms with Crippen molar-refractivity contribution in [3.8, 4) is 11.4 Å². The van der Waals surface area contributed by atoms with Crippen LogP contribution in [0, 0.1) is 5.41 Å². The van der Waals surface area contributed by atoms with E-state index in [4.69, 9.17) is 10.5 Å². The summed E-state index contributed by atoms with van der Waals surface area (Å²) in [5, 5.41) is 0. The molecular weight excluding hydrogens is 248 g/mol. The molecule has 1 atom stereocenters. The van der Waals surface area contributed by atoms with Crippen LogP contribution in [0.3, 0.4) is 0 Å². The summed E-state index contributed by atoms with van der Waals surface area (Å²) in [6.45, 7) is 4.59. The minimum absolute atomic E-state index is 0.147. The molecule has 0 fully saturated rings. The van der Waals surface area contributed by atoms with Gasteiger partial charge < -0.3 is 15.0 Å². The highest BCUT2D eigenvalue weighted by Gasteiger charge is 2.32. The van der Waals surface area contributed by atoms with Crippen LogP contribution in [0.2, 0.25) is 0 Å². The molecule has 1 aliphatic rings. The number of hydrogen-bond acceptors (Lipinski definition) is 2. The van der Waals surface area contributed by atoms with Crippen molar-refractivity contribution in [3.63, 3.8) is 0 Å². The molecule has 0 saturated carbocycles. The molecule has 0 bridgehead atoms. The van der Waals surface area contributed by atoms with E-state index in [1.165, 1.54) is 11.3 Å². The number of nitrogens with zero attached hydrogens (tertiary/aromatic N) is 1. The molecule has 20 heavy (non-hydrogen) atoms. The number of aromatic nitrogens is 1. The lowest BCUT2D eigenvalue weighted by molar-refractivity contribution is 0.278. The summed E-state index contributed by atoms with van der Waals surface area (Å²) >= 11 is 0. The Bertz CT molecular complexity index is 610. The van der Waals surface area contributed by atoms with Crippen molar-refractivity contribution in [2.24, 2.45) is 11.1 Å². The number of rotatable bonds is 2. The topological polar surface area (TPSA) is 40.2 Å². The molecule has 1 unspecified atom stereocenters. The van der Waals surface area contributed by atoms with Crippen molar-refractivity contribution in [1.82, 2.24) is 4.57 Å². The molecule has 2 N–H and O–H groups in total. The van der Waals surface area contributed by atoms with Gasteiger partial charge in [-0.2, -0.15) is 0 Å². The number of nitrogens with two attached hydrogens (primary N) is 1. The molecule has 0 radical (unpaired) electrons. The van der Waals surface area contributed by atoms with Crippen molar-refractivity contribution in [1.29, 1.82) is 0 Å². The van der Waals surface area contributed by atoms with Crippen molar-refractivity contribution in [2.75, 3.05) is 7.11 Å². The fourth-order valence-corrected chi connectivity index (χ4v) is 3.22. The molecule has 0 aliphatic heterocycles. The van der Waals surface area contributed by atoms with E-state index in [2.05, 4.69) is 42.8 Å². The molecule has 1 aromatic carbocycles. The molecular formula is C17H22N2O. The standard InChI is InChI=1S/C17H22N2O/c1-17(2)10-15(18)14-8-9-19(16(14)11-17)12-4-6-13(20-3)7-5-12/h4-9,15H,10-11,18H2,1-3H3. The van der Waals surface area contributed by atoms with E-state index < -0.39 is 0 Å². The van der Waals surface area contributed by atoms with E-state index in [1.54, 1.807) is 7.11 Å². The maximum atomic E-state index is 6.33. The highest BCUT2D eigenvalue weighted by molar-refractivity contribution is 5.43. The van der Waals surface area contributed by atoms with Gasteiger partial charge in [0.15, 0.2) is 0 Å². The summed E-state index contributed by atoms with van der Waals surface area (Å²) in [6.07, 6.45) is 4.25. The van der Waals surface area contributed by atoms with Crippen LogP contribution in [0.15, 0.2) is 36.5 Å². The Hall–Kier alpha value is -1.74. The predicted octanol–water partition coefficient (Wildman–Crippen LogP) is 3.46. The highest BCUT2D eigenvalue weighted by Crippen LogP contribution is 2.40. The minimum Gasteiger partial charge on any atom is -0.497 e. The van der Waals surface area contributed by atoms with Crippen molar-refractivity contribution in [2.45, 2.75) is 32.7 Å². The van der Waals surface area contributed by atoms with Crippen LogP contribution in [0.1, 0.15) is 37.6 Å². The van der Waals surface area contributed by atoms with Crippen molar-refractivity contribution < 1.29 is 4.74 Å². The van der Waals surface area contributed by atoms with Gasteiger partial charge in [0.2, 0.25) is 0 Å². The molecule has 0 spiro atoms. The fraction of sp³-hybridized carbons (Fsp3) is 0.412. The van der Waals surface area contributed by atoms with Gasteiger partial charge in [-0.25, -0.2) is 0 Å². The number of fused-ring (bicyclic) bond motifs is 1. The summed E-state index contributed by atoms with van der Waals surface area (Å²) in [7, 11) is 1.69. The van der Waals surface area contributed by atoms with Gasteiger partial charge in [0.25, 0.3) is 0 Å². The van der Waals surface area contributed by atoms with E-state index >= 15 is 0 Å². The van der Waals surface area contributed by atoms with E-state index in [1.807, 2.05) is 12.1 Å². The lowest BCUT2D eigenvalue weighted by Crippen LogP contribution is -2.30. The first-order valence-corrected chi connectivity index (χ1v) is 7.10. The van der Waals surface area contributed by atoms with E-state index in [0.717, 1.165) is 24.3 Å². The van der Waals surface area contributed by atoms with Crippen LogP contribution in [0.25, 0.3) is 5.69 Å². The quantitative estimate of drug-likeness (QED) is 0.908. The lowest BCUT2D eigenvalue weighted by Gasteiger charge is -2.34. The predicted molar refractivity (Wildman–Crippen MR) is 81.4 cm³/mol. The highest BCUT2D eigenvalue weighted by atomic mass is 16.5. The Morgan fingerprint density at radius 1 is 1.20 bits per heavy atom. The van der Waals surface area contributed by atoms with Crippen LogP contribution >= 0.6 is 0 Å². The summed E-state index contributed by atoms with van der Waals surface area (Å²) in [5.41, 5.74) is 10.4. The molecule has 0 amide bonds. The molecule has 1 heterocycles.